The Kier molecular flexibility index (Phi) is 6.81. The van der Waals surface area contributed by atoms with Gasteiger partial charge in [0, 0.05) is 16.3 Å². The van der Waals surface area contributed by atoms with Crippen molar-refractivity contribution >= 4 is 57.4 Å². The zero-order valence-corrected chi connectivity index (χ0v) is 16.7. The Morgan fingerprint density at radius 2 is 1.89 bits per heavy atom. The van der Waals surface area contributed by atoms with Gasteiger partial charge in [-0.25, -0.2) is 0 Å². The number of aromatic nitrogens is 2. The molecule has 4 nitrogen and oxygen atoms in total. The molecule has 0 spiro atoms. The van der Waals surface area contributed by atoms with Crippen LogP contribution in [0, 0.1) is 0 Å². The molecule has 0 fully saturated rings. The monoisotopic (exact) mass is 413 g/mol. The molecule has 1 N–H and O–H groups in total. The predicted octanol–water partition coefficient (Wildman–Crippen LogP) is 5.65. The number of hydrogen-bond donors (Lipinski definition) is 1. The molecule has 1 heterocycles. The van der Waals surface area contributed by atoms with Gasteiger partial charge in [0.1, 0.15) is 0 Å². The summed E-state index contributed by atoms with van der Waals surface area (Å²) in [5, 5.41) is 12.0. The van der Waals surface area contributed by atoms with Crippen LogP contribution in [0.25, 0.3) is 11.6 Å². The van der Waals surface area contributed by atoms with Crippen LogP contribution < -0.4 is 5.32 Å². The zero-order valence-electron chi connectivity index (χ0n) is 14.3. The largest absolute Gasteiger partial charge is 0.296 e. The fourth-order valence-electron chi connectivity index (χ4n) is 2.26. The van der Waals surface area contributed by atoms with E-state index in [-0.39, 0.29) is 5.91 Å². The number of hydrogen-bond acceptors (Lipinski definition) is 5. The first-order valence-corrected chi connectivity index (χ1v) is 10.3. The van der Waals surface area contributed by atoms with E-state index in [4.69, 9.17) is 11.6 Å². The second-order valence-corrected chi connectivity index (χ2v) is 8.02. The molecule has 0 saturated carbocycles. The highest BCUT2D eigenvalue weighted by atomic mass is 35.5. The molecular formula is C20H16ClN3OS2. The molecule has 1 aromatic heterocycles. The van der Waals surface area contributed by atoms with Crippen molar-refractivity contribution in [1.29, 1.82) is 0 Å². The lowest BCUT2D eigenvalue weighted by atomic mass is 10.0. The Bertz CT molecular complexity index is 970. The van der Waals surface area contributed by atoms with E-state index in [1.54, 1.807) is 18.2 Å². The predicted molar refractivity (Wildman–Crippen MR) is 115 cm³/mol. The molecule has 2 aromatic carbocycles. The summed E-state index contributed by atoms with van der Waals surface area (Å²) in [6, 6.07) is 16.8. The van der Waals surface area contributed by atoms with Crippen LogP contribution in [0.15, 0.2) is 71.6 Å². The molecule has 0 aliphatic carbocycles. The summed E-state index contributed by atoms with van der Waals surface area (Å²) in [5.41, 5.74) is 2.06. The van der Waals surface area contributed by atoms with Gasteiger partial charge in [-0.1, -0.05) is 89.3 Å². The van der Waals surface area contributed by atoms with Crippen molar-refractivity contribution in [3.05, 3.63) is 83.4 Å². The SMILES string of the molecule is C=CCSc1nnc(NC(=O)/C(=C/c2ccccc2Cl)c2ccccc2)s1. The van der Waals surface area contributed by atoms with E-state index in [0.717, 1.165) is 21.2 Å². The molecule has 3 aromatic rings. The normalized spacial score (nSPS) is 11.2. The maximum atomic E-state index is 12.9. The number of carbonyl (C=O) groups is 1. The van der Waals surface area contributed by atoms with E-state index < -0.39 is 0 Å². The van der Waals surface area contributed by atoms with E-state index in [2.05, 4.69) is 22.1 Å². The second kappa shape index (κ2) is 9.50. The van der Waals surface area contributed by atoms with E-state index in [0.29, 0.717) is 15.7 Å². The number of nitrogens with zero attached hydrogens (tertiary/aromatic N) is 2. The van der Waals surface area contributed by atoms with Crippen molar-refractivity contribution in [2.45, 2.75) is 4.34 Å². The van der Waals surface area contributed by atoms with Crippen LogP contribution in [0.5, 0.6) is 0 Å². The van der Waals surface area contributed by atoms with Gasteiger partial charge < -0.3 is 0 Å². The molecule has 3 rings (SSSR count). The third kappa shape index (κ3) is 5.29. The maximum absolute atomic E-state index is 12.9. The standard InChI is InChI=1S/C20H16ClN3OS2/c1-2-12-26-20-24-23-19(27-20)22-18(25)16(14-8-4-3-5-9-14)13-15-10-6-7-11-17(15)21/h2-11,13H,1,12H2,(H,22,23,25)/b16-13+. The lowest BCUT2D eigenvalue weighted by molar-refractivity contribution is -0.111. The summed E-state index contributed by atoms with van der Waals surface area (Å²) in [6.45, 7) is 3.68. The smallest absolute Gasteiger partial charge is 0.258 e. The fraction of sp³-hybridized carbons (Fsp3) is 0.0500. The Morgan fingerprint density at radius 3 is 2.63 bits per heavy atom. The Morgan fingerprint density at radius 1 is 1.15 bits per heavy atom. The number of carbonyl (C=O) groups excluding carboxylic acids is 1. The summed E-state index contributed by atoms with van der Waals surface area (Å²) in [5.74, 6) is 0.474. The van der Waals surface area contributed by atoms with Crippen LogP contribution in [0.1, 0.15) is 11.1 Å². The van der Waals surface area contributed by atoms with Crippen molar-refractivity contribution in [3.63, 3.8) is 0 Å². The zero-order chi connectivity index (χ0) is 19.1. The molecule has 0 atom stereocenters. The highest BCUT2D eigenvalue weighted by Crippen LogP contribution is 2.28. The van der Waals surface area contributed by atoms with Crippen LogP contribution in [-0.4, -0.2) is 21.9 Å². The van der Waals surface area contributed by atoms with Crippen LogP contribution >= 0.6 is 34.7 Å². The fourth-order valence-corrected chi connectivity index (χ4v) is 3.96. The number of halogens is 1. The molecule has 1 amide bonds. The molecule has 7 heteroatoms. The molecule has 0 unspecified atom stereocenters. The van der Waals surface area contributed by atoms with Crippen molar-refractivity contribution in [3.8, 4) is 0 Å². The van der Waals surface area contributed by atoms with Crippen molar-refractivity contribution in [1.82, 2.24) is 10.2 Å². The number of rotatable bonds is 7. The van der Waals surface area contributed by atoms with E-state index in [1.807, 2.05) is 48.5 Å². The van der Waals surface area contributed by atoms with Crippen LogP contribution in [0.3, 0.4) is 0 Å². The van der Waals surface area contributed by atoms with Crippen molar-refractivity contribution in [2.75, 3.05) is 11.1 Å². The molecule has 0 saturated heterocycles. The summed E-state index contributed by atoms with van der Waals surface area (Å²) in [6.07, 6.45) is 3.57. The van der Waals surface area contributed by atoms with Gasteiger partial charge in [0.15, 0.2) is 4.34 Å². The molecule has 0 aliphatic rings. The van der Waals surface area contributed by atoms with E-state index in [9.17, 15) is 4.79 Å². The Balaban J connectivity index is 1.89. The van der Waals surface area contributed by atoms with Crippen LogP contribution in [0.2, 0.25) is 5.02 Å². The molecular weight excluding hydrogens is 398 g/mol. The number of nitrogens with one attached hydrogen (secondary N) is 1. The topological polar surface area (TPSA) is 54.9 Å². The molecule has 0 aliphatic heterocycles. The average Bonchev–Trinajstić information content (AvgIpc) is 3.13. The lowest BCUT2D eigenvalue weighted by Crippen LogP contribution is -2.13. The van der Waals surface area contributed by atoms with Crippen LogP contribution in [-0.2, 0) is 4.79 Å². The van der Waals surface area contributed by atoms with Gasteiger partial charge in [0.25, 0.3) is 5.91 Å². The summed E-state index contributed by atoms with van der Waals surface area (Å²) in [7, 11) is 0. The molecule has 27 heavy (non-hydrogen) atoms. The first-order chi connectivity index (χ1) is 13.2. The first kappa shape index (κ1) is 19.4. The van der Waals surface area contributed by atoms with Gasteiger partial charge in [-0.05, 0) is 23.3 Å². The third-order valence-corrected chi connectivity index (χ3v) is 5.80. The van der Waals surface area contributed by atoms with Gasteiger partial charge in [-0.2, -0.15) is 0 Å². The minimum absolute atomic E-state index is 0.266. The Labute approximate surface area is 171 Å². The first-order valence-electron chi connectivity index (χ1n) is 8.07. The highest BCUT2D eigenvalue weighted by molar-refractivity contribution is 8.01. The molecule has 0 bridgehead atoms. The summed E-state index contributed by atoms with van der Waals surface area (Å²) >= 11 is 9.12. The van der Waals surface area contributed by atoms with Gasteiger partial charge in [0.05, 0.1) is 0 Å². The van der Waals surface area contributed by atoms with Crippen molar-refractivity contribution in [2.24, 2.45) is 0 Å². The number of thioether (sulfide) groups is 1. The number of benzene rings is 2. The van der Waals surface area contributed by atoms with E-state index in [1.165, 1.54) is 23.1 Å². The lowest BCUT2D eigenvalue weighted by Gasteiger charge is -2.08. The molecule has 0 radical (unpaired) electrons. The van der Waals surface area contributed by atoms with Gasteiger partial charge in [-0.3, -0.25) is 10.1 Å². The van der Waals surface area contributed by atoms with Crippen molar-refractivity contribution < 1.29 is 4.79 Å². The minimum atomic E-state index is -0.266. The van der Waals surface area contributed by atoms with Crippen LogP contribution in [0.4, 0.5) is 5.13 Å². The second-order valence-electron chi connectivity index (χ2n) is 5.37. The van der Waals surface area contributed by atoms with Gasteiger partial charge in [-0.15, -0.1) is 16.8 Å². The highest BCUT2D eigenvalue weighted by Gasteiger charge is 2.15. The minimum Gasteiger partial charge on any atom is -0.296 e. The number of anilines is 1. The average molecular weight is 414 g/mol. The Hall–Kier alpha value is -2.41. The summed E-state index contributed by atoms with van der Waals surface area (Å²) in [4.78, 5) is 12.9. The number of amides is 1. The van der Waals surface area contributed by atoms with Gasteiger partial charge in [0.2, 0.25) is 5.13 Å². The maximum Gasteiger partial charge on any atom is 0.258 e. The van der Waals surface area contributed by atoms with Gasteiger partial charge >= 0.3 is 0 Å². The quantitative estimate of drug-likeness (QED) is 0.179. The summed E-state index contributed by atoms with van der Waals surface area (Å²) < 4.78 is 0.779. The van der Waals surface area contributed by atoms with E-state index >= 15 is 0 Å². The molecule has 136 valence electrons. The third-order valence-electron chi connectivity index (χ3n) is 3.49.